The fraction of sp³-hybridized carbons (Fsp3) is 0.263. The summed E-state index contributed by atoms with van der Waals surface area (Å²) in [6, 6.07) is 17.4. The van der Waals surface area contributed by atoms with Gasteiger partial charge in [-0.15, -0.1) is 0 Å². The number of nitrogens with one attached hydrogen (secondary N) is 1. The predicted octanol–water partition coefficient (Wildman–Crippen LogP) is 3.55. The number of hydrazone groups is 1. The van der Waals surface area contributed by atoms with Crippen LogP contribution in [-0.4, -0.2) is 18.2 Å². The Hall–Kier alpha value is -2.62. The number of ether oxygens (including phenoxy) is 1. The second-order valence-corrected chi connectivity index (χ2v) is 5.61. The van der Waals surface area contributed by atoms with Gasteiger partial charge in [0, 0.05) is 0 Å². The number of amides is 1. The molecule has 23 heavy (non-hydrogen) atoms. The molecule has 0 aliphatic heterocycles. The molecule has 2 aromatic carbocycles. The zero-order chi connectivity index (χ0) is 16.7. The average Bonchev–Trinajstić information content (AvgIpc) is 2.55. The topological polar surface area (TPSA) is 50.7 Å². The van der Waals surface area contributed by atoms with Gasteiger partial charge in [0.1, 0.15) is 5.75 Å². The first-order valence-corrected chi connectivity index (χ1v) is 7.68. The zero-order valence-electron chi connectivity index (χ0n) is 13.7. The number of carbonyl (C=O) groups excluding carboxylic acids is 1. The Bertz CT molecular complexity index is 679. The van der Waals surface area contributed by atoms with Crippen molar-refractivity contribution in [2.45, 2.75) is 20.8 Å². The second kappa shape index (κ2) is 8.13. The van der Waals surface area contributed by atoms with Gasteiger partial charge in [0.05, 0.1) is 5.71 Å². The molecule has 120 valence electrons. The van der Waals surface area contributed by atoms with E-state index in [9.17, 15) is 4.79 Å². The minimum atomic E-state index is -0.276. The van der Waals surface area contributed by atoms with Crippen LogP contribution in [0.4, 0.5) is 0 Å². The van der Waals surface area contributed by atoms with Crippen molar-refractivity contribution < 1.29 is 9.53 Å². The van der Waals surface area contributed by atoms with Crippen molar-refractivity contribution in [2.75, 3.05) is 6.61 Å². The molecule has 1 N–H and O–H groups in total. The molecule has 0 aromatic heterocycles. The van der Waals surface area contributed by atoms with Crippen LogP contribution < -0.4 is 10.2 Å². The zero-order valence-corrected chi connectivity index (χ0v) is 13.7. The van der Waals surface area contributed by atoms with Crippen LogP contribution in [0, 0.1) is 12.8 Å². The van der Waals surface area contributed by atoms with E-state index in [1.807, 2.05) is 75.4 Å². The van der Waals surface area contributed by atoms with Crippen LogP contribution in [-0.2, 0) is 4.79 Å². The number of carbonyl (C=O) groups is 1. The van der Waals surface area contributed by atoms with Gasteiger partial charge in [-0.3, -0.25) is 4.79 Å². The molecule has 2 rings (SSSR count). The summed E-state index contributed by atoms with van der Waals surface area (Å²) in [4.78, 5) is 11.9. The Labute approximate surface area is 137 Å². The SMILES string of the molecule is Cc1ccccc1OCC(=O)NN=C(c1ccccc1)C(C)C. The van der Waals surface area contributed by atoms with Gasteiger partial charge in [-0.25, -0.2) is 5.43 Å². The van der Waals surface area contributed by atoms with E-state index in [0.29, 0.717) is 5.75 Å². The lowest BCUT2D eigenvalue weighted by Crippen LogP contribution is -2.27. The summed E-state index contributed by atoms with van der Waals surface area (Å²) in [5.74, 6) is 0.635. The lowest BCUT2D eigenvalue weighted by molar-refractivity contribution is -0.123. The Morgan fingerprint density at radius 3 is 2.39 bits per heavy atom. The lowest BCUT2D eigenvalue weighted by Gasteiger charge is -2.11. The number of para-hydroxylation sites is 1. The summed E-state index contributed by atoms with van der Waals surface area (Å²) in [5.41, 5.74) is 5.42. The molecular formula is C19H22N2O2. The highest BCUT2D eigenvalue weighted by Gasteiger charge is 2.10. The molecule has 4 nitrogen and oxygen atoms in total. The van der Waals surface area contributed by atoms with Crippen LogP contribution in [0.1, 0.15) is 25.0 Å². The highest BCUT2D eigenvalue weighted by atomic mass is 16.5. The summed E-state index contributed by atoms with van der Waals surface area (Å²) in [7, 11) is 0. The van der Waals surface area contributed by atoms with Gasteiger partial charge in [-0.1, -0.05) is 62.4 Å². The molecule has 0 radical (unpaired) electrons. The standard InChI is InChI=1S/C19H22N2O2/c1-14(2)19(16-10-5-4-6-11-16)21-20-18(22)13-23-17-12-8-7-9-15(17)3/h4-12,14H,13H2,1-3H3,(H,20,22). The van der Waals surface area contributed by atoms with E-state index in [1.165, 1.54) is 0 Å². The first kappa shape index (κ1) is 16.7. The van der Waals surface area contributed by atoms with Gasteiger partial charge >= 0.3 is 0 Å². The quantitative estimate of drug-likeness (QED) is 0.655. The maximum Gasteiger partial charge on any atom is 0.277 e. The summed E-state index contributed by atoms with van der Waals surface area (Å²) in [6.07, 6.45) is 0. The summed E-state index contributed by atoms with van der Waals surface area (Å²) < 4.78 is 5.52. The van der Waals surface area contributed by atoms with Crippen LogP contribution in [0.25, 0.3) is 0 Å². The van der Waals surface area contributed by atoms with Crippen LogP contribution in [0.3, 0.4) is 0 Å². The Balaban J connectivity index is 1.97. The summed E-state index contributed by atoms with van der Waals surface area (Å²) in [6.45, 7) is 5.97. The predicted molar refractivity (Wildman–Crippen MR) is 92.6 cm³/mol. The number of benzene rings is 2. The molecule has 1 amide bonds. The maximum atomic E-state index is 11.9. The fourth-order valence-corrected chi connectivity index (χ4v) is 2.15. The van der Waals surface area contributed by atoms with Crippen LogP contribution in [0.2, 0.25) is 0 Å². The third-order valence-corrected chi connectivity index (χ3v) is 3.37. The molecule has 0 spiro atoms. The third kappa shape index (κ3) is 4.95. The minimum Gasteiger partial charge on any atom is -0.483 e. The van der Waals surface area contributed by atoms with Crippen LogP contribution in [0.15, 0.2) is 59.7 Å². The molecule has 4 heteroatoms. The summed E-state index contributed by atoms with van der Waals surface area (Å²) in [5, 5.41) is 4.27. The number of nitrogens with zero attached hydrogens (tertiary/aromatic N) is 1. The van der Waals surface area contributed by atoms with Crippen molar-refractivity contribution in [1.29, 1.82) is 0 Å². The average molecular weight is 310 g/mol. The van der Waals surface area contributed by atoms with Gasteiger partial charge in [-0.2, -0.15) is 5.10 Å². The Morgan fingerprint density at radius 2 is 1.74 bits per heavy atom. The molecule has 0 unspecified atom stereocenters. The number of hydrogen-bond acceptors (Lipinski definition) is 3. The first-order chi connectivity index (χ1) is 11.1. The molecule has 2 aromatic rings. The van der Waals surface area contributed by atoms with Gasteiger partial charge in [-0.05, 0) is 30.0 Å². The molecule has 0 fully saturated rings. The van der Waals surface area contributed by atoms with Crippen molar-refractivity contribution in [3.8, 4) is 5.75 Å². The second-order valence-electron chi connectivity index (χ2n) is 5.61. The molecule has 0 heterocycles. The number of hydrogen-bond donors (Lipinski definition) is 1. The normalized spacial score (nSPS) is 11.4. The van der Waals surface area contributed by atoms with E-state index < -0.39 is 0 Å². The highest BCUT2D eigenvalue weighted by Crippen LogP contribution is 2.15. The van der Waals surface area contributed by atoms with Gasteiger partial charge in [0.15, 0.2) is 6.61 Å². The lowest BCUT2D eigenvalue weighted by atomic mass is 10.0. The number of aryl methyl sites for hydroxylation is 1. The van der Waals surface area contributed by atoms with Gasteiger partial charge in [0.25, 0.3) is 5.91 Å². The van der Waals surface area contributed by atoms with E-state index in [2.05, 4.69) is 10.5 Å². The molecular weight excluding hydrogens is 288 g/mol. The molecule has 0 aliphatic rings. The fourth-order valence-electron chi connectivity index (χ4n) is 2.15. The molecule has 0 bridgehead atoms. The van der Waals surface area contributed by atoms with Crippen molar-refractivity contribution in [2.24, 2.45) is 11.0 Å². The van der Waals surface area contributed by atoms with Crippen molar-refractivity contribution in [3.63, 3.8) is 0 Å². The molecule has 0 saturated carbocycles. The molecule has 0 aliphatic carbocycles. The number of rotatable bonds is 6. The summed E-state index contributed by atoms with van der Waals surface area (Å²) >= 11 is 0. The van der Waals surface area contributed by atoms with Crippen LogP contribution in [0.5, 0.6) is 5.75 Å². The largest absolute Gasteiger partial charge is 0.483 e. The van der Waals surface area contributed by atoms with Gasteiger partial charge < -0.3 is 4.74 Å². The Morgan fingerprint density at radius 1 is 1.09 bits per heavy atom. The molecule has 0 atom stereocenters. The van der Waals surface area contributed by atoms with Crippen molar-refractivity contribution in [1.82, 2.24) is 5.43 Å². The van der Waals surface area contributed by atoms with E-state index in [-0.39, 0.29) is 18.4 Å². The monoisotopic (exact) mass is 310 g/mol. The van der Waals surface area contributed by atoms with E-state index >= 15 is 0 Å². The Kier molecular flexibility index (Phi) is 5.92. The maximum absolute atomic E-state index is 11.9. The van der Waals surface area contributed by atoms with Crippen molar-refractivity contribution >= 4 is 11.6 Å². The van der Waals surface area contributed by atoms with E-state index in [0.717, 1.165) is 16.8 Å². The highest BCUT2D eigenvalue weighted by molar-refractivity contribution is 6.02. The van der Waals surface area contributed by atoms with E-state index in [4.69, 9.17) is 4.74 Å². The minimum absolute atomic E-state index is 0.0610. The van der Waals surface area contributed by atoms with Crippen molar-refractivity contribution in [3.05, 3.63) is 65.7 Å². The molecule has 0 saturated heterocycles. The van der Waals surface area contributed by atoms with Crippen LogP contribution >= 0.6 is 0 Å². The van der Waals surface area contributed by atoms with E-state index in [1.54, 1.807) is 0 Å². The van der Waals surface area contributed by atoms with Gasteiger partial charge in [0.2, 0.25) is 0 Å². The smallest absolute Gasteiger partial charge is 0.277 e. The third-order valence-electron chi connectivity index (χ3n) is 3.37. The first-order valence-electron chi connectivity index (χ1n) is 7.68.